The Hall–Kier alpha value is -1.31. The van der Waals surface area contributed by atoms with Gasteiger partial charge < -0.3 is 14.8 Å². The number of likely N-dealkylation sites (N-methyl/N-ethyl adjacent to an activating group) is 1. The second kappa shape index (κ2) is 5.36. The number of rotatable bonds is 5. The minimum Gasteiger partial charge on any atom is -0.454 e. The van der Waals surface area contributed by atoms with Gasteiger partial charge >= 0.3 is 0 Å². The van der Waals surface area contributed by atoms with Gasteiger partial charge in [0.15, 0.2) is 11.5 Å². The lowest BCUT2D eigenvalue weighted by Gasteiger charge is -2.13. The maximum atomic E-state index is 12.2. The van der Waals surface area contributed by atoms with Crippen molar-refractivity contribution in [3.05, 3.63) is 17.7 Å². The fraction of sp³-hybridized carbons (Fsp3) is 0.500. The van der Waals surface area contributed by atoms with Crippen LogP contribution in [-0.2, 0) is 10.0 Å². The Balaban J connectivity index is 2.25. The minimum absolute atomic E-state index is 0.0593. The smallest absolute Gasteiger partial charge is 0.241 e. The average molecular weight is 286 g/mol. The summed E-state index contributed by atoms with van der Waals surface area (Å²) in [4.78, 5) is 0.222. The standard InChI is InChI=1S/C12H18N2O4S/c1-8-4-10-11(18-7-17-10)5-12(8)19(15,16)14-6-9(2)13-3/h4-5,9,13-14H,6-7H2,1-3H3. The molecule has 6 nitrogen and oxygen atoms in total. The molecule has 0 fully saturated rings. The predicted molar refractivity (Wildman–Crippen MR) is 71.0 cm³/mol. The van der Waals surface area contributed by atoms with E-state index in [2.05, 4.69) is 10.0 Å². The molecule has 106 valence electrons. The van der Waals surface area contributed by atoms with Gasteiger partial charge in [-0.2, -0.15) is 0 Å². The first-order chi connectivity index (χ1) is 8.94. The number of ether oxygens (including phenoxy) is 2. The van der Waals surface area contributed by atoms with Crippen LogP contribution in [0.15, 0.2) is 17.0 Å². The van der Waals surface area contributed by atoms with Crippen molar-refractivity contribution in [3.63, 3.8) is 0 Å². The maximum Gasteiger partial charge on any atom is 0.241 e. The van der Waals surface area contributed by atoms with Gasteiger partial charge in [0.1, 0.15) is 0 Å². The first kappa shape index (κ1) is 14.1. The molecule has 0 saturated heterocycles. The van der Waals surface area contributed by atoms with E-state index in [4.69, 9.17) is 9.47 Å². The van der Waals surface area contributed by atoms with Crippen LogP contribution in [0.3, 0.4) is 0 Å². The topological polar surface area (TPSA) is 76.7 Å². The zero-order valence-electron chi connectivity index (χ0n) is 11.2. The van der Waals surface area contributed by atoms with Crippen LogP contribution in [0.2, 0.25) is 0 Å². The van der Waals surface area contributed by atoms with Crippen molar-refractivity contribution in [2.24, 2.45) is 0 Å². The SMILES string of the molecule is CNC(C)CNS(=O)(=O)c1cc2c(cc1C)OCO2. The first-order valence-electron chi connectivity index (χ1n) is 6.01. The highest BCUT2D eigenvalue weighted by molar-refractivity contribution is 7.89. The molecule has 0 amide bonds. The summed E-state index contributed by atoms with van der Waals surface area (Å²) >= 11 is 0. The summed E-state index contributed by atoms with van der Waals surface area (Å²) in [6.45, 7) is 4.09. The third kappa shape index (κ3) is 2.99. The van der Waals surface area contributed by atoms with E-state index in [-0.39, 0.29) is 17.7 Å². The summed E-state index contributed by atoms with van der Waals surface area (Å²) in [7, 11) is -1.76. The van der Waals surface area contributed by atoms with Crippen LogP contribution < -0.4 is 19.5 Å². The van der Waals surface area contributed by atoms with Crippen molar-refractivity contribution in [2.45, 2.75) is 24.8 Å². The summed E-state index contributed by atoms with van der Waals surface area (Å²) in [5.41, 5.74) is 0.633. The molecule has 1 aliphatic rings. The molecule has 1 atom stereocenters. The Kier molecular flexibility index (Phi) is 3.98. The highest BCUT2D eigenvalue weighted by Crippen LogP contribution is 2.36. The van der Waals surface area contributed by atoms with Crippen LogP contribution in [-0.4, -0.2) is 34.8 Å². The molecule has 2 N–H and O–H groups in total. The van der Waals surface area contributed by atoms with Gasteiger partial charge in [-0.1, -0.05) is 0 Å². The summed E-state index contributed by atoms with van der Waals surface area (Å²) in [6.07, 6.45) is 0. The lowest BCUT2D eigenvalue weighted by atomic mass is 10.2. The van der Waals surface area contributed by atoms with E-state index < -0.39 is 10.0 Å². The van der Waals surface area contributed by atoms with Crippen molar-refractivity contribution in [3.8, 4) is 11.5 Å². The highest BCUT2D eigenvalue weighted by Gasteiger charge is 2.23. The molecule has 1 unspecified atom stereocenters. The highest BCUT2D eigenvalue weighted by atomic mass is 32.2. The van der Waals surface area contributed by atoms with Gasteiger partial charge in [-0.25, -0.2) is 13.1 Å². The van der Waals surface area contributed by atoms with Crippen molar-refractivity contribution in [1.29, 1.82) is 0 Å². The molecule has 7 heteroatoms. The van der Waals surface area contributed by atoms with Gasteiger partial charge in [0.2, 0.25) is 16.8 Å². The molecule has 1 aromatic rings. The van der Waals surface area contributed by atoms with Gasteiger partial charge in [-0.15, -0.1) is 0 Å². The van der Waals surface area contributed by atoms with Gasteiger partial charge in [0.05, 0.1) is 4.90 Å². The third-order valence-corrected chi connectivity index (χ3v) is 4.60. The third-order valence-electron chi connectivity index (χ3n) is 3.03. The first-order valence-corrected chi connectivity index (χ1v) is 7.49. The van der Waals surface area contributed by atoms with E-state index in [1.807, 2.05) is 6.92 Å². The summed E-state index contributed by atoms with van der Waals surface area (Å²) < 4.78 is 37.5. The van der Waals surface area contributed by atoms with Crippen molar-refractivity contribution >= 4 is 10.0 Å². The molecule has 0 aromatic heterocycles. The van der Waals surface area contributed by atoms with Crippen LogP contribution in [0, 0.1) is 6.92 Å². The summed E-state index contributed by atoms with van der Waals surface area (Å²) in [5.74, 6) is 1.05. The average Bonchev–Trinajstić information content (AvgIpc) is 2.81. The Morgan fingerprint density at radius 1 is 1.32 bits per heavy atom. The normalized spacial score (nSPS) is 15.5. The largest absolute Gasteiger partial charge is 0.454 e. The summed E-state index contributed by atoms with van der Waals surface area (Å²) in [6, 6.07) is 3.24. The molecule has 0 aliphatic carbocycles. The van der Waals surface area contributed by atoms with Crippen molar-refractivity contribution in [2.75, 3.05) is 20.4 Å². The molecule has 0 spiro atoms. The lowest BCUT2D eigenvalue weighted by Crippen LogP contribution is -2.37. The predicted octanol–water partition coefficient (Wildman–Crippen LogP) is 0.610. The van der Waals surface area contributed by atoms with Gasteiger partial charge in [-0.05, 0) is 32.5 Å². The number of fused-ring (bicyclic) bond motifs is 1. The van der Waals surface area contributed by atoms with Crippen LogP contribution in [0.4, 0.5) is 0 Å². The molecule has 19 heavy (non-hydrogen) atoms. The van der Waals surface area contributed by atoms with E-state index in [0.717, 1.165) is 0 Å². The molecular formula is C12H18N2O4S. The number of hydrogen-bond donors (Lipinski definition) is 2. The fourth-order valence-corrected chi connectivity index (χ4v) is 3.10. The van der Waals surface area contributed by atoms with Gasteiger partial charge in [0.25, 0.3) is 0 Å². The van der Waals surface area contributed by atoms with E-state index in [9.17, 15) is 8.42 Å². The summed E-state index contributed by atoms with van der Waals surface area (Å²) in [5, 5.41) is 2.97. The molecule has 0 bridgehead atoms. The Morgan fingerprint density at radius 2 is 1.95 bits per heavy atom. The van der Waals surface area contributed by atoms with Crippen molar-refractivity contribution in [1.82, 2.24) is 10.0 Å². The molecule has 0 radical (unpaired) electrons. The van der Waals surface area contributed by atoms with E-state index in [0.29, 0.717) is 23.6 Å². The van der Waals surface area contributed by atoms with Crippen molar-refractivity contribution < 1.29 is 17.9 Å². The molecule has 1 heterocycles. The number of nitrogens with one attached hydrogen (secondary N) is 2. The van der Waals surface area contributed by atoms with E-state index >= 15 is 0 Å². The Morgan fingerprint density at radius 3 is 2.58 bits per heavy atom. The zero-order chi connectivity index (χ0) is 14.0. The van der Waals surface area contributed by atoms with Crippen LogP contribution >= 0.6 is 0 Å². The fourth-order valence-electron chi connectivity index (χ4n) is 1.73. The van der Waals surface area contributed by atoms with Gasteiger partial charge in [0, 0.05) is 18.7 Å². The van der Waals surface area contributed by atoms with E-state index in [1.54, 1.807) is 20.0 Å². The molecule has 2 rings (SSSR count). The van der Waals surface area contributed by atoms with E-state index in [1.165, 1.54) is 6.07 Å². The second-order valence-corrected chi connectivity index (χ2v) is 6.25. The molecule has 1 aromatic carbocycles. The lowest BCUT2D eigenvalue weighted by molar-refractivity contribution is 0.174. The molecule has 1 aliphatic heterocycles. The van der Waals surface area contributed by atoms with Crippen LogP contribution in [0.25, 0.3) is 0 Å². The van der Waals surface area contributed by atoms with Gasteiger partial charge in [-0.3, -0.25) is 0 Å². The van der Waals surface area contributed by atoms with Crippen LogP contribution in [0.1, 0.15) is 12.5 Å². The minimum atomic E-state index is -3.54. The number of aryl methyl sites for hydroxylation is 1. The zero-order valence-corrected chi connectivity index (χ0v) is 12.0. The monoisotopic (exact) mass is 286 g/mol. The Bertz CT molecular complexity index is 571. The molecule has 0 saturated carbocycles. The second-order valence-electron chi connectivity index (χ2n) is 4.51. The maximum absolute atomic E-state index is 12.2. The Labute approximate surface area is 113 Å². The number of sulfonamides is 1. The quantitative estimate of drug-likeness (QED) is 0.829. The number of benzene rings is 1. The van der Waals surface area contributed by atoms with Crippen LogP contribution in [0.5, 0.6) is 11.5 Å². The molecular weight excluding hydrogens is 268 g/mol. The number of hydrogen-bond acceptors (Lipinski definition) is 5.